The molecule has 0 aromatic rings. The second-order valence-electron chi connectivity index (χ2n) is 4.63. The van der Waals surface area contributed by atoms with E-state index in [1.807, 2.05) is 11.8 Å². The summed E-state index contributed by atoms with van der Waals surface area (Å²) in [6.07, 6.45) is 0. The number of piperazine rings is 2. The quantitative estimate of drug-likeness (QED) is 0.600. The van der Waals surface area contributed by atoms with Crippen molar-refractivity contribution in [3.8, 4) is 0 Å². The maximum Gasteiger partial charge on any atom is 0.242 e. The molecular formula is C11H20N4O2. The Morgan fingerprint density at radius 2 is 2.12 bits per heavy atom. The molecule has 17 heavy (non-hydrogen) atoms. The topological polar surface area (TPSA) is 64.7 Å². The number of amides is 2. The van der Waals surface area contributed by atoms with Crippen molar-refractivity contribution in [1.29, 1.82) is 0 Å². The molecule has 0 bridgehead atoms. The van der Waals surface area contributed by atoms with Gasteiger partial charge >= 0.3 is 0 Å². The Balaban J connectivity index is 1.89. The largest absolute Gasteiger partial charge is 0.336 e. The van der Waals surface area contributed by atoms with Crippen molar-refractivity contribution in [3.05, 3.63) is 0 Å². The molecule has 2 fully saturated rings. The van der Waals surface area contributed by atoms with E-state index in [1.165, 1.54) is 0 Å². The third-order valence-electron chi connectivity index (χ3n) is 3.34. The molecule has 2 amide bonds. The Morgan fingerprint density at radius 1 is 1.35 bits per heavy atom. The van der Waals surface area contributed by atoms with E-state index in [9.17, 15) is 9.59 Å². The molecule has 6 nitrogen and oxygen atoms in total. The lowest BCUT2D eigenvalue weighted by molar-refractivity contribution is -0.142. The van der Waals surface area contributed by atoms with Gasteiger partial charge in [0, 0.05) is 38.8 Å². The van der Waals surface area contributed by atoms with Crippen molar-refractivity contribution in [2.75, 3.05) is 45.8 Å². The molecule has 2 N–H and O–H groups in total. The van der Waals surface area contributed by atoms with Crippen LogP contribution >= 0.6 is 0 Å². The van der Waals surface area contributed by atoms with Gasteiger partial charge in [0.1, 0.15) is 0 Å². The predicted molar refractivity (Wildman–Crippen MR) is 63.5 cm³/mol. The summed E-state index contributed by atoms with van der Waals surface area (Å²) in [7, 11) is 0. The molecule has 2 heterocycles. The van der Waals surface area contributed by atoms with Crippen molar-refractivity contribution in [2.45, 2.75) is 13.0 Å². The number of nitrogens with zero attached hydrogens (tertiary/aromatic N) is 2. The first-order valence-electron chi connectivity index (χ1n) is 6.17. The highest BCUT2D eigenvalue weighted by Crippen LogP contribution is 2.05. The van der Waals surface area contributed by atoms with Crippen LogP contribution in [0.2, 0.25) is 0 Å². The summed E-state index contributed by atoms with van der Waals surface area (Å²) in [6.45, 7) is 6.42. The normalized spacial score (nSPS) is 26.2. The molecule has 2 rings (SSSR count). The van der Waals surface area contributed by atoms with E-state index in [4.69, 9.17) is 0 Å². The molecule has 6 heteroatoms. The van der Waals surface area contributed by atoms with Gasteiger partial charge in [-0.05, 0) is 6.92 Å². The van der Waals surface area contributed by atoms with Gasteiger partial charge in [-0.3, -0.25) is 9.59 Å². The van der Waals surface area contributed by atoms with Crippen LogP contribution in [0.25, 0.3) is 0 Å². The van der Waals surface area contributed by atoms with E-state index < -0.39 is 0 Å². The monoisotopic (exact) mass is 240 g/mol. The number of hydrogen-bond donors (Lipinski definition) is 2. The van der Waals surface area contributed by atoms with E-state index in [-0.39, 0.29) is 24.4 Å². The summed E-state index contributed by atoms with van der Waals surface area (Å²) in [6, 6.07) is 0.217. The van der Waals surface area contributed by atoms with Crippen molar-refractivity contribution in [2.24, 2.45) is 0 Å². The second-order valence-corrected chi connectivity index (χ2v) is 4.63. The van der Waals surface area contributed by atoms with Crippen LogP contribution < -0.4 is 10.6 Å². The SMILES string of the molecule is CC1CNCCN1C(=O)CN1CCNCC1=O. The van der Waals surface area contributed by atoms with Crippen molar-refractivity contribution < 1.29 is 9.59 Å². The van der Waals surface area contributed by atoms with Gasteiger partial charge in [0.2, 0.25) is 11.8 Å². The highest BCUT2D eigenvalue weighted by Gasteiger charge is 2.26. The molecule has 0 saturated carbocycles. The second kappa shape index (κ2) is 5.46. The maximum atomic E-state index is 12.1. The van der Waals surface area contributed by atoms with E-state index in [0.717, 1.165) is 26.2 Å². The lowest BCUT2D eigenvalue weighted by atomic mass is 10.2. The van der Waals surface area contributed by atoms with Crippen LogP contribution in [0.4, 0.5) is 0 Å². The highest BCUT2D eigenvalue weighted by molar-refractivity contribution is 5.86. The Bertz CT molecular complexity index is 308. The first kappa shape index (κ1) is 12.3. The van der Waals surface area contributed by atoms with Gasteiger partial charge in [-0.15, -0.1) is 0 Å². The Labute approximate surface area is 101 Å². The minimum atomic E-state index is 0.0207. The highest BCUT2D eigenvalue weighted by atomic mass is 16.2. The molecule has 0 aromatic heterocycles. The molecule has 2 aliphatic rings. The number of carbonyl (C=O) groups excluding carboxylic acids is 2. The maximum absolute atomic E-state index is 12.1. The van der Waals surface area contributed by atoms with Crippen LogP contribution in [0.5, 0.6) is 0 Å². The summed E-state index contributed by atoms with van der Waals surface area (Å²) in [4.78, 5) is 27.2. The molecule has 0 aliphatic carbocycles. The van der Waals surface area contributed by atoms with Crippen LogP contribution in [0.1, 0.15) is 6.92 Å². The van der Waals surface area contributed by atoms with Gasteiger partial charge in [-0.1, -0.05) is 0 Å². The zero-order valence-electron chi connectivity index (χ0n) is 10.2. The van der Waals surface area contributed by atoms with E-state index in [2.05, 4.69) is 10.6 Å². The number of carbonyl (C=O) groups is 2. The zero-order valence-corrected chi connectivity index (χ0v) is 10.2. The molecule has 0 radical (unpaired) electrons. The first-order chi connectivity index (χ1) is 8.18. The van der Waals surface area contributed by atoms with Gasteiger partial charge in [0.15, 0.2) is 0 Å². The first-order valence-corrected chi connectivity index (χ1v) is 6.17. The predicted octanol–water partition coefficient (Wildman–Crippen LogP) is -1.76. The number of hydrogen-bond acceptors (Lipinski definition) is 4. The lowest BCUT2D eigenvalue weighted by Gasteiger charge is -2.36. The van der Waals surface area contributed by atoms with Gasteiger partial charge < -0.3 is 20.4 Å². The molecule has 2 aliphatic heterocycles. The molecule has 1 atom stereocenters. The Hall–Kier alpha value is -1.14. The number of rotatable bonds is 2. The minimum absolute atomic E-state index is 0.0207. The third kappa shape index (κ3) is 2.95. The minimum Gasteiger partial charge on any atom is -0.336 e. The van der Waals surface area contributed by atoms with Crippen molar-refractivity contribution in [3.63, 3.8) is 0 Å². The van der Waals surface area contributed by atoms with E-state index in [1.54, 1.807) is 4.90 Å². The van der Waals surface area contributed by atoms with Crippen LogP contribution in [-0.2, 0) is 9.59 Å². The fraction of sp³-hybridized carbons (Fsp3) is 0.818. The van der Waals surface area contributed by atoms with Gasteiger partial charge in [0.25, 0.3) is 0 Å². The molecule has 0 spiro atoms. The van der Waals surface area contributed by atoms with Crippen LogP contribution in [0, 0.1) is 0 Å². The number of nitrogens with one attached hydrogen (secondary N) is 2. The fourth-order valence-electron chi connectivity index (χ4n) is 2.28. The van der Waals surface area contributed by atoms with Gasteiger partial charge in [-0.2, -0.15) is 0 Å². The van der Waals surface area contributed by atoms with Gasteiger partial charge in [0.05, 0.1) is 13.1 Å². The molecule has 0 aromatic carbocycles. The van der Waals surface area contributed by atoms with Crippen LogP contribution in [-0.4, -0.2) is 73.5 Å². The summed E-state index contributed by atoms with van der Waals surface area (Å²) < 4.78 is 0. The summed E-state index contributed by atoms with van der Waals surface area (Å²) in [5.74, 6) is 0.0848. The summed E-state index contributed by atoms with van der Waals surface area (Å²) in [5.41, 5.74) is 0. The average Bonchev–Trinajstić information content (AvgIpc) is 2.32. The molecular weight excluding hydrogens is 220 g/mol. The Morgan fingerprint density at radius 3 is 2.82 bits per heavy atom. The third-order valence-corrected chi connectivity index (χ3v) is 3.34. The standard InChI is InChI=1S/C11H20N4O2/c1-9-6-12-3-5-15(9)11(17)8-14-4-2-13-7-10(14)16/h9,12-13H,2-8H2,1H3. The lowest BCUT2D eigenvalue weighted by Crippen LogP contribution is -2.57. The van der Waals surface area contributed by atoms with Crippen molar-refractivity contribution in [1.82, 2.24) is 20.4 Å². The fourth-order valence-corrected chi connectivity index (χ4v) is 2.28. The van der Waals surface area contributed by atoms with E-state index in [0.29, 0.717) is 13.1 Å². The summed E-state index contributed by atoms with van der Waals surface area (Å²) in [5, 5.41) is 6.25. The van der Waals surface area contributed by atoms with Gasteiger partial charge in [-0.25, -0.2) is 0 Å². The van der Waals surface area contributed by atoms with Crippen LogP contribution in [0.3, 0.4) is 0 Å². The van der Waals surface area contributed by atoms with E-state index >= 15 is 0 Å². The summed E-state index contributed by atoms with van der Waals surface area (Å²) >= 11 is 0. The van der Waals surface area contributed by atoms with Crippen LogP contribution in [0.15, 0.2) is 0 Å². The Kier molecular flexibility index (Phi) is 3.96. The van der Waals surface area contributed by atoms with Crippen molar-refractivity contribution >= 4 is 11.8 Å². The molecule has 96 valence electrons. The molecule has 1 unspecified atom stereocenters. The average molecular weight is 240 g/mol. The smallest absolute Gasteiger partial charge is 0.242 e. The molecule has 2 saturated heterocycles. The zero-order chi connectivity index (χ0) is 12.3.